The molecule has 39 heavy (non-hydrogen) atoms. The van der Waals surface area contributed by atoms with Crippen molar-refractivity contribution in [2.45, 2.75) is 25.7 Å². The first-order valence-electron chi connectivity index (χ1n) is 12.0. The molecule has 9 nitrogen and oxygen atoms in total. The van der Waals surface area contributed by atoms with Crippen LogP contribution in [0.1, 0.15) is 17.5 Å². The van der Waals surface area contributed by atoms with Gasteiger partial charge in [-0.25, -0.2) is 14.1 Å². The number of halogens is 4. The Morgan fingerprint density at radius 2 is 1.87 bits per heavy atom. The van der Waals surface area contributed by atoms with Gasteiger partial charge in [0, 0.05) is 25.2 Å². The molecule has 3 heterocycles. The second kappa shape index (κ2) is 10.3. The van der Waals surface area contributed by atoms with E-state index < -0.39 is 29.0 Å². The summed E-state index contributed by atoms with van der Waals surface area (Å²) in [5.74, 6) is -1.54. The van der Waals surface area contributed by atoms with Crippen LogP contribution in [0.4, 0.5) is 23.2 Å². The molecule has 0 bridgehead atoms. The molecule has 1 atom stereocenters. The molecule has 13 heteroatoms. The van der Waals surface area contributed by atoms with Gasteiger partial charge in [0.15, 0.2) is 5.65 Å². The number of hydrogen-bond acceptors (Lipinski definition) is 5. The summed E-state index contributed by atoms with van der Waals surface area (Å²) in [6.07, 6.45) is -1.89. The van der Waals surface area contributed by atoms with Crippen LogP contribution in [0.15, 0.2) is 65.8 Å². The summed E-state index contributed by atoms with van der Waals surface area (Å²) in [4.78, 5) is 43.6. The molecule has 1 unspecified atom stereocenters. The fourth-order valence-electron chi connectivity index (χ4n) is 4.50. The Kier molecular flexibility index (Phi) is 6.89. The van der Waals surface area contributed by atoms with E-state index in [9.17, 15) is 31.9 Å². The summed E-state index contributed by atoms with van der Waals surface area (Å²) in [5, 5.41) is 7.11. The van der Waals surface area contributed by atoms with Crippen molar-refractivity contribution >= 4 is 28.5 Å². The standard InChI is InChI=1S/C26H22F4N6O3/c27-19-4-6-20(7-5-19)35-14-17(11-22(35)37)24(38)31-8-9-36-23-21(12-33-36)25(39)34(15-32-23)13-16-2-1-3-18(10-16)26(28,29)30/h1-7,10,12,15,17H,8-9,11,13-14H2,(H,31,38). The lowest BCUT2D eigenvalue weighted by atomic mass is 10.1. The van der Waals surface area contributed by atoms with E-state index in [1.54, 1.807) is 0 Å². The van der Waals surface area contributed by atoms with Gasteiger partial charge >= 0.3 is 6.18 Å². The molecule has 2 aromatic carbocycles. The number of anilines is 1. The molecule has 0 spiro atoms. The number of fused-ring (bicyclic) bond motifs is 1. The van der Waals surface area contributed by atoms with Crippen LogP contribution in [0.25, 0.3) is 11.0 Å². The molecule has 2 amide bonds. The van der Waals surface area contributed by atoms with Crippen molar-refractivity contribution in [3.8, 4) is 0 Å². The highest BCUT2D eigenvalue weighted by molar-refractivity contribution is 6.00. The highest BCUT2D eigenvalue weighted by atomic mass is 19.4. The topological polar surface area (TPSA) is 102 Å². The molecular formula is C26H22F4N6O3. The van der Waals surface area contributed by atoms with Crippen LogP contribution in [0.3, 0.4) is 0 Å². The molecule has 0 saturated carbocycles. The van der Waals surface area contributed by atoms with Gasteiger partial charge in [-0.1, -0.05) is 12.1 Å². The Labute approximate surface area is 218 Å². The maximum atomic E-state index is 13.2. The van der Waals surface area contributed by atoms with Gasteiger partial charge in [0.1, 0.15) is 17.5 Å². The second-order valence-corrected chi connectivity index (χ2v) is 9.15. The monoisotopic (exact) mass is 542 g/mol. The highest BCUT2D eigenvalue weighted by Crippen LogP contribution is 2.29. The van der Waals surface area contributed by atoms with Crippen molar-refractivity contribution in [3.05, 3.63) is 88.4 Å². The van der Waals surface area contributed by atoms with Gasteiger partial charge in [-0.15, -0.1) is 0 Å². The Balaban J connectivity index is 1.21. The van der Waals surface area contributed by atoms with Crippen LogP contribution in [0.5, 0.6) is 0 Å². The summed E-state index contributed by atoms with van der Waals surface area (Å²) in [5.41, 5.74) is -0.177. The molecule has 2 aromatic heterocycles. The SMILES string of the molecule is O=C(NCCn1ncc2c(=O)n(Cc3cccc(C(F)(F)F)c3)cnc21)C1CC(=O)N(c2ccc(F)cc2)C1. The van der Waals surface area contributed by atoms with Crippen molar-refractivity contribution in [1.29, 1.82) is 0 Å². The summed E-state index contributed by atoms with van der Waals surface area (Å²) >= 11 is 0. The quantitative estimate of drug-likeness (QED) is 0.362. The van der Waals surface area contributed by atoms with E-state index in [0.29, 0.717) is 11.3 Å². The van der Waals surface area contributed by atoms with E-state index >= 15 is 0 Å². The molecule has 1 fully saturated rings. The van der Waals surface area contributed by atoms with Crippen molar-refractivity contribution < 1.29 is 27.2 Å². The molecule has 4 aromatic rings. The Hall–Kier alpha value is -4.55. The number of carbonyl (C=O) groups excluding carboxylic acids is 2. The van der Waals surface area contributed by atoms with E-state index in [-0.39, 0.29) is 55.4 Å². The van der Waals surface area contributed by atoms with Crippen LogP contribution >= 0.6 is 0 Å². The average Bonchev–Trinajstić information content (AvgIpc) is 3.50. The number of nitrogens with one attached hydrogen (secondary N) is 1. The summed E-state index contributed by atoms with van der Waals surface area (Å²) in [7, 11) is 0. The van der Waals surface area contributed by atoms with E-state index in [2.05, 4.69) is 15.4 Å². The largest absolute Gasteiger partial charge is 0.416 e. The number of benzene rings is 2. The van der Waals surface area contributed by atoms with Crippen molar-refractivity contribution in [2.75, 3.05) is 18.0 Å². The zero-order chi connectivity index (χ0) is 27.7. The number of carbonyl (C=O) groups is 2. The number of nitrogens with zero attached hydrogens (tertiary/aromatic N) is 5. The molecule has 1 saturated heterocycles. The van der Waals surface area contributed by atoms with Crippen molar-refractivity contribution in [3.63, 3.8) is 0 Å². The normalized spacial score (nSPS) is 15.7. The van der Waals surface area contributed by atoms with E-state index in [1.165, 1.54) is 63.1 Å². The van der Waals surface area contributed by atoms with Gasteiger partial charge in [0.2, 0.25) is 11.8 Å². The minimum Gasteiger partial charge on any atom is -0.354 e. The van der Waals surface area contributed by atoms with Gasteiger partial charge < -0.3 is 10.2 Å². The molecule has 1 aliphatic rings. The molecule has 1 aliphatic heterocycles. The maximum Gasteiger partial charge on any atom is 0.416 e. The highest BCUT2D eigenvalue weighted by Gasteiger charge is 2.35. The lowest BCUT2D eigenvalue weighted by Gasteiger charge is -2.16. The zero-order valence-electron chi connectivity index (χ0n) is 20.4. The van der Waals surface area contributed by atoms with Crippen molar-refractivity contribution in [2.24, 2.45) is 5.92 Å². The second-order valence-electron chi connectivity index (χ2n) is 9.15. The van der Waals surface area contributed by atoms with E-state index in [4.69, 9.17) is 0 Å². The first-order valence-corrected chi connectivity index (χ1v) is 12.0. The van der Waals surface area contributed by atoms with Gasteiger partial charge in [-0.2, -0.15) is 18.3 Å². The smallest absolute Gasteiger partial charge is 0.354 e. The van der Waals surface area contributed by atoms with Crippen LogP contribution in [0.2, 0.25) is 0 Å². The molecule has 0 radical (unpaired) electrons. The number of amides is 2. The van der Waals surface area contributed by atoms with Gasteiger partial charge in [-0.05, 0) is 42.0 Å². The minimum atomic E-state index is -4.49. The molecule has 0 aliphatic carbocycles. The maximum absolute atomic E-state index is 13.2. The van der Waals surface area contributed by atoms with Crippen molar-refractivity contribution in [1.82, 2.24) is 24.6 Å². The van der Waals surface area contributed by atoms with Crippen LogP contribution in [0, 0.1) is 11.7 Å². The number of hydrogen-bond donors (Lipinski definition) is 1. The lowest BCUT2D eigenvalue weighted by molar-refractivity contribution is -0.137. The average molecular weight is 542 g/mol. The number of alkyl halides is 3. The predicted octanol–water partition coefficient (Wildman–Crippen LogP) is 2.97. The predicted molar refractivity (Wildman–Crippen MR) is 132 cm³/mol. The Morgan fingerprint density at radius 3 is 2.62 bits per heavy atom. The summed E-state index contributed by atoms with van der Waals surface area (Å²) in [6, 6.07) is 10.2. The fraction of sp³-hybridized carbons (Fsp3) is 0.269. The number of rotatable bonds is 7. The number of aromatic nitrogens is 4. The lowest BCUT2D eigenvalue weighted by Crippen LogP contribution is -2.35. The van der Waals surface area contributed by atoms with Crippen LogP contribution in [-0.4, -0.2) is 44.2 Å². The third-order valence-electron chi connectivity index (χ3n) is 6.49. The molecule has 202 valence electrons. The summed E-state index contributed by atoms with van der Waals surface area (Å²) in [6.45, 7) is 0.434. The van der Waals surface area contributed by atoms with Gasteiger partial charge in [0.05, 0.1) is 30.8 Å². The van der Waals surface area contributed by atoms with Gasteiger partial charge in [0.25, 0.3) is 5.56 Å². The third kappa shape index (κ3) is 5.52. The van der Waals surface area contributed by atoms with Crippen LogP contribution < -0.4 is 15.8 Å². The third-order valence-corrected chi connectivity index (χ3v) is 6.49. The van der Waals surface area contributed by atoms with Crippen LogP contribution in [-0.2, 0) is 28.9 Å². The first kappa shape index (κ1) is 26.1. The Bertz CT molecular complexity index is 1600. The van der Waals surface area contributed by atoms with E-state index in [1.807, 2.05) is 0 Å². The molecule has 1 N–H and O–H groups in total. The fourth-order valence-corrected chi connectivity index (χ4v) is 4.50. The minimum absolute atomic E-state index is 0.0287. The van der Waals surface area contributed by atoms with Gasteiger partial charge in [-0.3, -0.25) is 19.0 Å². The first-order chi connectivity index (χ1) is 18.6. The Morgan fingerprint density at radius 1 is 1.10 bits per heavy atom. The summed E-state index contributed by atoms with van der Waals surface area (Å²) < 4.78 is 54.8. The van der Waals surface area contributed by atoms with E-state index in [0.717, 1.165) is 12.1 Å². The molecule has 5 rings (SSSR count). The zero-order valence-corrected chi connectivity index (χ0v) is 20.4. The molecular weight excluding hydrogens is 520 g/mol.